The molecule has 4 aromatic rings. The third-order valence-electron chi connectivity index (χ3n) is 5.04. The topological polar surface area (TPSA) is 90.3 Å². The number of benzene rings is 3. The fraction of sp³-hybridized carbons (Fsp3) is 0.160. The zero-order valence-corrected chi connectivity index (χ0v) is 20.0. The molecule has 0 atom stereocenters. The van der Waals surface area contributed by atoms with E-state index in [4.69, 9.17) is 9.47 Å². The Balaban J connectivity index is 1.52. The second-order valence-corrected chi connectivity index (χ2v) is 8.27. The highest BCUT2D eigenvalue weighted by molar-refractivity contribution is 7.99. The molecule has 4 rings (SSSR count). The standard InChI is InChI=1S/C25H24FN5O3S/c1-33-20-13-11-19(12-14-20)31-23(15-27-18-9-7-17(26)8-10-18)29-30-25(31)35-16-24(32)28-21-5-3-4-6-22(21)34-2/h3-14,27H,15-16H2,1-2H3,(H,28,32). The number of hydrogen-bond acceptors (Lipinski definition) is 7. The minimum absolute atomic E-state index is 0.123. The molecule has 10 heteroatoms. The molecule has 0 saturated heterocycles. The molecule has 1 amide bonds. The summed E-state index contributed by atoms with van der Waals surface area (Å²) in [6.07, 6.45) is 0. The summed E-state index contributed by atoms with van der Waals surface area (Å²) < 4.78 is 25.7. The van der Waals surface area contributed by atoms with Gasteiger partial charge in [0.2, 0.25) is 5.91 Å². The van der Waals surface area contributed by atoms with E-state index in [0.29, 0.717) is 29.0 Å². The summed E-state index contributed by atoms with van der Waals surface area (Å²) in [4.78, 5) is 12.6. The van der Waals surface area contributed by atoms with Gasteiger partial charge in [-0.05, 0) is 60.7 Å². The van der Waals surface area contributed by atoms with Gasteiger partial charge in [-0.3, -0.25) is 9.36 Å². The summed E-state index contributed by atoms with van der Waals surface area (Å²) in [5, 5.41) is 15.3. The van der Waals surface area contributed by atoms with Crippen LogP contribution in [0.1, 0.15) is 5.82 Å². The lowest BCUT2D eigenvalue weighted by Crippen LogP contribution is -2.15. The lowest BCUT2D eigenvalue weighted by Gasteiger charge is -2.12. The molecular formula is C25H24FN5O3S. The van der Waals surface area contributed by atoms with Gasteiger partial charge in [-0.2, -0.15) is 0 Å². The zero-order chi connectivity index (χ0) is 24.6. The average Bonchev–Trinajstić information content (AvgIpc) is 3.30. The van der Waals surface area contributed by atoms with Crippen LogP contribution in [-0.4, -0.2) is 40.6 Å². The summed E-state index contributed by atoms with van der Waals surface area (Å²) in [6.45, 7) is 0.346. The van der Waals surface area contributed by atoms with Crippen LogP contribution in [-0.2, 0) is 11.3 Å². The first kappa shape index (κ1) is 24.1. The van der Waals surface area contributed by atoms with Crippen LogP contribution in [0.25, 0.3) is 5.69 Å². The van der Waals surface area contributed by atoms with E-state index < -0.39 is 0 Å². The smallest absolute Gasteiger partial charge is 0.234 e. The zero-order valence-electron chi connectivity index (χ0n) is 19.2. The van der Waals surface area contributed by atoms with Gasteiger partial charge in [0.15, 0.2) is 11.0 Å². The fourth-order valence-corrected chi connectivity index (χ4v) is 4.08. The molecule has 0 aliphatic rings. The lowest BCUT2D eigenvalue weighted by molar-refractivity contribution is -0.113. The first-order valence-electron chi connectivity index (χ1n) is 10.7. The Hall–Kier alpha value is -4.05. The molecule has 0 spiro atoms. The molecule has 0 radical (unpaired) electrons. The van der Waals surface area contributed by atoms with E-state index in [0.717, 1.165) is 17.1 Å². The maximum absolute atomic E-state index is 13.2. The summed E-state index contributed by atoms with van der Waals surface area (Å²) >= 11 is 1.26. The number of anilines is 2. The van der Waals surface area contributed by atoms with E-state index in [1.54, 1.807) is 38.5 Å². The molecule has 0 bridgehead atoms. The number of nitrogens with zero attached hydrogens (tertiary/aromatic N) is 3. The van der Waals surface area contributed by atoms with E-state index in [1.165, 1.54) is 23.9 Å². The van der Waals surface area contributed by atoms with Gasteiger partial charge in [-0.15, -0.1) is 10.2 Å². The Labute approximate surface area is 206 Å². The van der Waals surface area contributed by atoms with Crippen molar-refractivity contribution in [2.24, 2.45) is 0 Å². The Bertz CT molecular complexity index is 1280. The predicted molar refractivity (Wildman–Crippen MR) is 134 cm³/mol. The van der Waals surface area contributed by atoms with Crippen LogP contribution < -0.4 is 20.1 Å². The van der Waals surface area contributed by atoms with Crippen molar-refractivity contribution in [3.8, 4) is 17.2 Å². The lowest BCUT2D eigenvalue weighted by atomic mass is 10.3. The maximum Gasteiger partial charge on any atom is 0.234 e. The van der Waals surface area contributed by atoms with Gasteiger partial charge >= 0.3 is 0 Å². The van der Waals surface area contributed by atoms with Gasteiger partial charge in [-0.1, -0.05) is 23.9 Å². The number of nitrogens with one attached hydrogen (secondary N) is 2. The van der Waals surface area contributed by atoms with Crippen LogP contribution in [0.4, 0.5) is 15.8 Å². The van der Waals surface area contributed by atoms with Gasteiger partial charge in [0, 0.05) is 11.4 Å². The number of carbonyl (C=O) groups is 1. The Morgan fingerprint density at radius 2 is 1.71 bits per heavy atom. The highest BCUT2D eigenvalue weighted by atomic mass is 32.2. The first-order chi connectivity index (χ1) is 17.1. The van der Waals surface area contributed by atoms with Crippen molar-refractivity contribution in [1.82, 2.24) is 14.8 Å². The third-order valence-corrected chi connectivity index (χ3v) is 5.97. The molecule has 1 aromatic heterocycles. The summed E-state index contributed by atoms with van der Waals surface area (Å²) in [6, 6.07) is 20.8. The van der Waals surface area contributed by atoms with Gasteiger partial charge < -0.3 is 20.1 Å². The monoisotopic (exact) mass is 493 g/mol. The molecule has 8 nitrogen and oxygen atoms in total. The predicted octanol–water partition coefficient (Wildman–Crippen LogP) is 4.77. The van der Waals surface area contributed by atoms with Gasteiger partial charge in [0.05, 0.1) is 32.2 Å². The van der Waals surface area contributed by atoms with E-state index >= 15 is 0 Å². The molecule has 0 aliphatic carbocycles. The molecule has 0 aliphatic heterocycles. The third kappa shape index (κ3) is 6.10. The number of aromatic nitrogens is 3. The van der Waals surface area contributed by atoms with Crippen molar-refractivity contribution in [3.63, 3.8) is 0 Å². The number of rotatable bonds is 10. The molecule has 0 saturated carbocycles. The number of methoxy groups -OCH3 is 2. The number of para-hydroxylation sites is 2. The number of ether oxygens (including phenoxy) is 2. The normalized spacial score (nSPS) is 10.6. The SMILES string of the molecule is COc1ccc(-n2c(CNc3ccc(F)cc3)nnc2SCC(=O)Nc2ccccc2OC)cc1. The second-order valence-electron chi connectivity index (χ2n) is 7.33. The summed E-state index contributed by atoms with van der Waals surface area (Å²) in [7, 11) is 3.16. The largest absolute Gasteiger partial charge is 0.497 e. The van der Waals surface area contributed by atoms with Gasteiger partial charge in [0.25, 0.3) is 0 Å². The van der Waals surface area contributed by atoms with E-state index in [2.05, 4.69) is 20.8 Å². The van der Waals surface area contributed by atoms with Crippen LogP contribution in [0.2, 0.25) is 0 Å². The Kier molecular flexibility index (Phi) is 7.84. The first-order valence-corrected chi connectivity index (χ1v) is 11.7. The van der Waals surface area contributed by atoms with E-state index in [-0.39, 0.29) is 17.5 Å². The van der Waals surface area contributed by atoms with Crippen molar-refractivity contribution in [3.05, 3.63) is 84.4 Å². The van der Waals surface area contributed by atoms with Crippen molar-refractivity contribution in [2.75, 3.05) is 30.6 Å². The highest BCUT2D eigenvalue weighted by Gasteiger charge is 2.17. The minimum Gasteiger partial charge on any atom is -0.497 e. The second kappa shape index (κ2) is 11.4. The molecule has 35 heavy (non-hydrogen) atoms. The van der Waals surface area contributed by atoms with Crippen molar-refractivity contribution >= 4 is 29.0 Å². The number of halogens is 1. The minimum atomic E-state index is -0.304. The summed E-state index contributed by atoms with van der Waals surface area (Å²) in [5.74, 6) is 1.56. The molecule has 180 valence electrons. The number of carbonyl (C=O) groups excluding carboxylic acids is 1. The average molecular weight is 494 g/mol. The van der Waals surface area contributed by atoms with Crippen LogP contribution >= 0.6 is 11.8 Å². The molecule has 0 fully saturated rings. The number of amides is 1. The Morgan fingerprint density at radius 3 is 2.43 bits per heavy atom. The molecule has 2 N–H and O–H groups in total. The van der Waals surface area contributed by atoms with Crippen LogP contribution in [0, 0.1) is 5.82 Å². The quantitative estimate of drug-likeness (QED) is 0.308. The summed E-state index contributed by atoms with van der Waals surface area (Å²) in [5.41, 5.74) is 2.17. The highest BCUT2D eigenvalue weighted by Crippen LogP contribution is 2.26. The fourth-order valence-electron chi connectivity index (χ4n) is 3.31. The van der Waals surface area contributed by atoms with Crippen molar-refractivity contribution < 1.29 is 18.7 Å². The van der Waals surface area contributed by atoms with Crippen LogP contribution in [0.15, 0.2) is 78.0 Å². The van der Waals surface area contributed by atoms with Crippen molar-refractivity contribution in [2.45, 2.75) is 11.7 Å². The van der Waals surface area contributed by atoms with Gasteiger partial charge in [-0.25, -0.2) is 4.39 Å². The number of thioether (sulfide) groups is 1. The van der Waals surface area contributed by atoms with Crippen LogP contribution in [0.5, 0.6) is 11.5 Å². The molecule has 1 heterocycles. The maximum atomic E-state index is 13.2. The molecule has 0 unspecified atom stereocenters. The van der Waals surface area contributed by atoms with Crippen molar-refractivity contribution in [1.29, 1.82) is 0 Å². The van der Waals surface area contributed by atoms with Gasteiger partial charge in [0.1, 0.15) is 17.3 Å². The molecular weight excluding hydrogens is 469 g/mol. The number of hydrogen-bond donors (Lipinski definition) is 2. The van der Waals surface area contributed by atoms with Crippen LogP contribution in [0.3, 0.4) is 0 Å². The molecule has 3 aromatic carbocycles. The van der Waals surface area contributed by atoms with E-state index in [1.807, 2.05) is 41.0 Å². The Morgan fingerprint density at radius 1 is 0.971 bits per heavy atom. The van der Waals surface area contributed by atoms with E-state index in [9.17, 15) is 9.18 Å².